The van der Waals surface area contributed by atoms with Gasteiger partial charge in [0.25, 0.3) is 0 Å². The van der Waals surface area contributed by atoms with Gasteiger partial charge in [0.05, 0.1) is 0 Å². The van der Waals surface area contributed by atoms with Gasteiger partial charge < -0.3 is 5.32 Å². The number of hydrogen-bond donors (Lipinski definition) is 1. The molecule has 3 unspecified atom stereocenters. The fourth-order valence-corrected chi connectivity index (χ4v) is 3.25. The zero-order valence-corrected chi connectivity index (χ0v) is 9.63. The maximum Gasteiger partial charge on any atom is 0.0226 e. The second kappa shape index (κ2) is 4.63. The summed E-state index contributed by atoms with van der Waals surface area (Å²) in [6.45, 7) is 7.20. The quantitative estimate of drug-likeness (QED) is 0.726. The fraction of sp³-hybridized carbons (Fsp3) is 1.00. The molecule has 2 aliphatic heterocycles. The van der Waals surface area contributed by atoms with Crippen molar-refractivity contribution in [3.63, 3.8) is 0 Å². The van der Waals surface area contributed by atoms with Crippen molar-refractivity contribution in [1.82, 2.24) is 10.2 Å². The first-order valence-corrected chi connectivity index (χ1v) is 6.31. The number of rotatable bonds is 2. The summed E-state index contributed by atoms with van der Waals surface area (Å²) >= 11 is 0. The smallest absolute Gasteiger partial charge is 0.0226 e. The van der Waals surface area contributed by atoms with Gasteiger partial charge in [0.15, 0.2) is 0 Å². The van der Waals surface area contributed by atoms with Gasteiger partial charge in [0.1, 0.15) is 0 Å². The van der Waals surface area contributed by atoms with Crippen LogP contribution in [-0.4, -0.2) is 36.1 Å². The fourth-order valence-electron chi connectivity index (χ4n) is 3.25. The molecule has 2 nitrogen and oxygen atoms in total. The molecule has 2 rings (SSSR count). The molecule has 0 bridgehead atoms. The zero-order valence-electron chi connectivity index (χ0n) is 9.63. The summed E-state index contributed by atoms with van der Waals surface area (Å²) in [6.07, 6.45) is 6.95. The molecule has 0 aromatic carbocycles. The largest absolute Gasteiger partial charge is 0.315 e. The Balaban J connectivity index is 1.98. The summed E-state index contributed by atoms with van der Waals surface area (Å²) in [6, 6.07) is 2.52. The highest BCUT2D eigenvalue weighted by Gasteiger charge is 2.34. The predicted molar refractivity (Wildman–Crippen MR) is 60.5 cm³/mol. The number of nitrogens with zero attached hydrogens (tertiary/aromatic N) is 1. The van der Waals surface area contributed by atoms with Crippen molar-refractivity contribution in [3.8, 4) is 0 Å². The molecule has 2 heterocycles. The van der Waals surface area contributed by atoms with Gasteiger partial charge in [-0.05, 0) is 45.6 Å². The number of piperidine rings is 1. The van der Waals surface area contributed by atoms with E-state index in [2.05, 4.69) is 24.1 Å². The maximum atomic E-state index is 3.54. The molecule has 0 aromatic rings. The lowest BCUT2D eigenvalue weighted by molar-refractivity contribution is 0.112. The Morgan fingerprint density at radius 1 is 1.29 bits per heavy atom. The lowest BCUT2D eigenvalue weighted by Gasteiger charge is -2.38. The summed E-state index contributed by atoms with van der Waals surface area (Å²) in [4.78, 5) is 2.80. The van der Waals surface area contributed by atoms with Gasteiger partial charge in [-0.2, -0.15) is 0 Å². The summed E-state index contributed by atoms with van der Waals surface area (Å²) in [5, 5.41) is 3.54. The highest BCUT2D eigenvalue weighted by molar-refractivity contribution is 4.91. The minimum absolute atomic E-state index is 0.824. The standard InChI is InChI=1S/C12H24N2/c1-3-11-7-6-10(2)14(11)12-5-4-8-13-9-12/h10-13H,3-9H2,1-2H3. The van der Waals surface area contributed by atoms with Crippen LogP contribution < -0.4 is 5.32 Å². The van der Waals surface area contributed by atoms with E-state index in [1.165, 1.54) is 45.2 Å². The van der Waals surface area contributed by atoms with Crippen LogP contribution in [0.3, 0.4) is 0 Å². The van der Waals surface area contributed by atoms with Crippen molar-refractivity contribution in [2.24, 2.45) is 0 Å². The first-order chi connectivity index (χ1) is 6.83. The second-order valence-electron chi connectivity index (χ2n) is 4.94. The molecule has 0 radical (unpaired) electrons. The average Bonchev–Trinajstić information content (AvgIpc) is 2.61. The number of nitrogens with one attached hydrogen (secondary N) is 1. The summed E-state index contributed by atoms with van der Waals surface area (Å²) < 4.78 is 0. The third kappa shape index (κ3) is 1.96. The lowest BCUT2D eigenvalue weighted by Crippen LogP contribution is -2.50. The Kier molecular flexibility index (Phi) is 3.45. The van der Waals surface area contributed by atoms with Crippen LogP contribution in [0.1, 0.15) is 46.0 Å². The third-order valence-corrected chi connectivity index (χ3v) is 4.01. The van der Waals surface area contributed by atoms with Crippen molar-refractivity contribution >= 4 is 0 Å². The van der Waals surface area contributed by atoms with Crippen LogP contribution in [0.15, 0.2) is 0 Å². The SMILES string of the molecule is CCC1CCC(C)N1C1CCCNC1. The Morgan fingerprint density at radius 3 is 2.79 bits per heavy atom. The molecule has 2 aliphatic rings. The van der Waals surface area contributed by atoms with Gasteiger partial charge in [-0.1, -0.05) is 6.92 Å². The molecular formula is C12H24N2. The molecule has 0 spiro atoms. The summed E-state index contributed by atoms with van der Waals surface area (Å²) in [5.74, 6) is 0. The van der Waals surface area contributed by atoms with E-state index in [-0.39, 0.29) is 0 Å². The van der Waals surface area contributed by atoms with Gasteiger partial charge in [-0.25, -0.2) is 0 Å². The molecular weight excluding hydrogens is 172 g/mol. The van der Waals surface area contributed by atoms with E-state index in [9.17, 15) is 0 Å². The minimum Gasteiger partial charge on any atom is -0.315 e. The molecule has 2 heteroatoms. The van der Waals surface area contributed by atoms with Crippen molar-refractivity contribution in [1.29, 1.82) is 0 Å². The average molecular weight is 196 g/mol. The normalized spacial score (nSPS) is 40.3. The van der Waals surface area contributed by atoms with E-state index >= 15 is 0 Å². The molecule has 0 amide bonds. The van der Waals surface area contributed by atoms with Gasteiger partial charge >= 0.3 is 0 Å². The van der Waals surface area contributed by atoms with E-state index < -0.39 is 0 Å². The first kappa shape index (κ1) is 10.4. The van der Waals surface area contributed by atoms with E-state index in [4.69, 9.17) is 0 Å². The zero-order chi connectivity index (χ0) is 9.97. The molecule has 82 valence electrons. The number of hydrogen-bond acceptors (Lipinski definition) is 2. The maximum absolute atomic E-state index is 3.54. The Morgan fingerprint density at radius 2 is 2.14 bits per heavy atom. The van der Waals surface area contributed by atoms with Crippen molar-refractivity contribution in [2.45, 2.75) is 64.1 Å². The van der Waals surface area contributed by atoms with Gasteiger partial charge in [-0.3, -0.25) is 4.90 Å². The van der Waals surface area contributed by atoms with Crippen LogP contribution in [0.5, 0.6) is 0 Å². The van der Waals surface area contributed by atoms with Crippen LogP contribution >= 0.6 is 0 Å². The van der Waals surface area contributed by atoms with Crippen LogP contribution in [-0.2, 0) is 0 Å². The van der Waals surface area contributed by atoms with Crippen molar-refractivity contribution < 1.29 is 0 Å². The van der Waals surface area contributed by atoms with Crippen LogP contribution in [0, 0.1) is 0 Å². The Bertz CT molecular complexity index is 175. The summed E-state index contributed by atoms with van der Waals surface area (Å²) in [7, 11) is 0. The van der Waals surface area contributed by atoms with Gasteiger partial charge in [0, 0.05) is 24.7 Å². The van der Waals surface area contributed by atoms with Gasteiger partial charge in [0.2, 0.25) is 0 Å². The van der Waals surface area contributed by atoms with E-state index in [0.717, 1.165) is 18.1 Å². The molecule has 0 aromatic heterocycles. The predicted octanol–water partition coefficient (Wildman–Crippen LogP) is 2.00. The molecule has 2 fully saturated rings. The monoisotopic (exact) mass is 196 g/mol. The Hall–Kier alpha value is -0.0800. The molecule has 14 heavy (non-hydrogen) atoms. The van der Waals surface area contributed by atoms with Crippen molar-refractivity contribution in [3.05, 3.63) is 0 Å². The van der Waals surface area contributed by atoms with Crippen molar-refractivity contribution in [2.75, 3.05) is 13.1 Å². The van der Waals surface area contributed by atoms with E-state index in [1.54, 1.807) is 0 Å². The van der Waals surface area contributed by atoms with Gasteiger partial charge in [-0.15, -0.1) is 0 Å². The highest BCUT2D eigenvalue weighted by Crippen LogP contribution is 2.30. The lowest BCUT2D eigenvalue weighted by atomic mass is 10.0. The molecule has 2 saturated heterocycles. The van der Waals surface area contributed by atoms with E-state index in [1.807, 2.05) is 0 Å². The molecule has 1 N–H and O–H groups in total. The van der Waals surface area contributed by atoms with Crippen LogP contribution in [0.25, 0.3) is 0 Å². The van der Waals surface area contributed by atoms with E-state index in [0.29, 0.717) is 0 Å². The third-order valence-electron chi connectivity index (χ3n) is 4.01. The van der Waals surface area contributed by atoms with Crippen LogP contribution in [0.4, 0.5) is 0 Å². The number of likely N-dealkylation sites (tertiary alicyclic amines) is 1. The van der Waals surface area contributed by atoms with Crippen LogP contribution in [0.2, 0.25) is 0 Å². The highest BCUT2D eigenvalue weighted by atomic mass is 15.2. The first-order valence-electron chi connectivity index (χ1n) is 6.31. The summed E-state index contributed by atoms with van der Waals surface area (Å²) in [5.41, 5.74) is 0. The Labute approximate surface area is 88.1 Å². The molecule has 0 aliphatic carbocycles. The topological polar surface area (TPSA) is 15.3 Å². The molecule has 0 saturated carbocycles. The molecule has 3 atom stereocenters. The second-order valence-corrected chi connectivity index (χ2v) is 4.94. The minimum atomic E-state index is 0.824.